The fourth-order valence-corrected chi connectivity index (χ4v) is 8.97. The first-order chi connectivity index (χ1) is 35.4. The average molecular weight is 1300 g/mol. The second-order valence-electron chi connectivity index (χ2n) is 13.9. The number of ether oxygens (including phenoxy) is 2. The quantitative estimate of drug-likeness (QED) is 0.0183. The molecule has 4 aromatic carbocycles. The molecule has 0 unspecified atom stereocenters. The van der Waals surface area contributed by atoms with Crippen molar-refractivity contribution in [2.45, 2.75) is 0 Å². The SMILES string of the molecule is O=c1c(OS(=O)(=O)O)c(-c2ccc(OS(=O)(=O)O)c(OS(=O)(=O)O)c2)oc2cc(OS(=O)(=O)O)cc(OCCOc3cc(OS(=O)(=O)O)cc4oc(-c5ccc(OS(=O)(=O)O)c(OS(=O)(=O)O)c5)c(OS(=O)(=O)O)c(=O)c34)c12.[H-].[Na+]. The molecule has 0 aliphatic rings. The van der Waals surface area contributed by atoms with E-state index < -0.39 is 209 Å². The Bertz CT molecular complexity index is 4250. The van der Waals surface area contributed by atoms with Gasteiger partial charge in [0, 0.05) is 35.4 Å². The van der Waals surface area contributed by atoms with E-state index in [2.05, 4.69) is 33.5 Å². The van der Waals surface area contributed by atoms with E-state index in [9.17, 15) is 104 Å². The first-order valence-electron chi connectivity index (χ1n) is 18.6. The minimum atomic E-state index is -5.84. The Morgan fingerprint density at radius 1 is 0.354 bits per heavy atom. The molecule has 0 bridgehead atoms. The van der Waals surface area contributed by atoms with Crippen molar-refractivity contribution in [2.24, 2.45) is 0 Å². The summed E-state index contributed by atoms with van der Waals surface area (Å²) < 4.78 is 318. The van der Waals surface area contributed by atoms with Crippen LogP contribution in [-0.4, -0.2) is 117 Å². The molecule has 6 aromatic rings. The van der Waals surface area contributed by atoms with E-state index in [1.807, 2.05) is 0 Å². The molecule has 47 heteroatoms. The Kier molecular flexibility index (Phi) is 18.1. The van der Waals surface area contributed by atoms with Crippen molar-refractivity contribution in [1.82, 2.24) is 0 Å². The number of fused-ring (bicyclic) bond motifs is 2. The Balaban J connectivity index is 0.00000689. The van der Waals surface area contributed by atoms with Gasteiger partial charge in [0.05, 0.1) is 0 Å². The van der Waals surface area contributed by atoms with Crippen LogP contribution in [0.1, 0.15) is 1.43 Å². The fourth-order valence-electron chi connectivity index (χ4n) is 6.12. The van der Waals surface area contributed by atoms with Gasteiger partial charge in [0.2, 0.25) is 22.4 Å². The normalized spacial score (nSPS) is 12.7. The molecule has 428 valence electrons. The molecule has 2 aromatic heterocycles. The van der Waals surface area contributed by atoms with Crippen molar-refractivity contribution in [2.75, 3.05) is 13.2 Å². The van der Waals surface area contributed by atoms with Gasteiger partial charge < -0.3 is 53.2 Å². The molecule has 0 spiro atoms. The van der Waals surface area contributed by atoms with Crippen LogP contribution in [0.4, 0.5) is 0 Å². The second kappa shape index (κ2) is 22.6. The summed E-state index contributed by atoms with van der Waals surface area (Å²) >= 11 is 0. The zero-order chi connectivity index (χ0) is 58.5. The van der Waals surface area contributed by atoms with E-state index in [1.54, 1.807) is 0 Å². The van der Waals surface area contributed by atoms with E-state index in [4.69, 9.17) is 27.4 Å². The third-order valence-corrected chi connectivity index (χ3v) is 11.5. The third-order valence-electron chi connectivity index (χ3n) is 8.35. The topological polar surface area (TPSA) is 588 Å². The molecule has 8 N–H and O–H groups in total. The molecule has 0 saturated carbocycles. The molecule has 0 amide bonds. The summed E-state index contributed by atoms with van der Waals surface area (Å²) in [7, 11) is -45.0. The van der Waals surface area contributed by atoms with Gasteiger partial charge in [-0.1, -0.05) is 0 Å². The zero-order valence-corrected chi connectivity index (χ0v) is 45.8. The van der Waals surface area contributed by atoms with Crippen LogP contribution < -0.4 is 83.4 Å². The Hall–Kier alpha value is -6.42. The molecule has 0 radical (unpaired) electrons. The summed E-state index contributed by atoms with van der Waals surface area (Å²) in [6, 6.07) is 4.58. The summed E-state index contributed by atoms with van der Waals surface area (Å²) in [5.41, 5.74) is -7.18. The first kappa shape index (κ1) is 63.4. The van der Waals surface area contributed by atoms with Crippen LogP contribution in [0.5, 0.6) is 57.5 Å². The van der Waals surface area contributed by atoms with E-state index in [0.717, 1.165) is 0 Å². The molecule has 2 heterocycles. The van der Waals surface area contributed by atoms with Crippen LogP contribution >= 0.6 is 0 Å². The minimum Gasteiger partial charge on any atom is -1.00 e. The van der Waals surface area contributed by atoms with Gasteiger partial charge in [-0.3, -0.25) is 46.0 Å². The van der Waals surface area contributed by atoms with Crippen LogP contribution in [0.3, 0.4) is 0 Å². The van der Waals surface area contributed by atoms with Gasteiger partial charge in [-0.25, -0.2) is 0 Å². The number of benzene rings is 4. The Morgan fingerprint density at radius 3 is 0.911 bits per heavy atom. The predicted molar refractivity (Wildman–Crippen MR) is 245 cm³/mol. The maximum Gasteiger partial charge on any atom is 1.00 e. The monoisotopic (exact) mass is 1290 g/mol. The molecule has 38 nitrogen and oxygen atoms in total. The van der Waals surface area contributed by atoms with E-state index in [0.29, 0.717) is 60.7 Å². The molecular weight excluding hydrogens is 1270 g/mol. The van der Waals surface area contributed by atoms with Crippen molar-refractivity contribution in [3.63, 3.8) is 0 Å². The van der Waals surface area contributed by atoms with Crippen molar-refractivity contribution < 1.29 is 187 Å². The van der Waals surface area contributed by atoms with Crippen molar-refractivity contribution >= 4 is 105 Å². The maximum absolute atomic E-state index is 14.1. The fraction of sp³-hybridized carbons (Fsp3) is 0.0625. The standard InChI is InChI=1S/C32H22O38S8.Na.H/c33-27-25-21(9-15(63-71(35,36)37)11-23(25)61-29(31(27)69-77(53,54)55)13-1-3-17(65-73(41,42)43)19(7-13)67-75(47,48)49)59-5-6-60-22-10-16(64-72(38,39)40)12-24-26(22)28(34)32(70-78(56,57)58)30(62-24)14-2-4-18(66-74(44,45)46)20(8-14)68-76(50,51)52;;/h1-4,7-12H,5-6H2,(H,35,36,37)(H,38,39,40)(H,41,42,43)(H,44,45,46)(H,47,48,49)(H,50,51,52)(H,53,54,55)(H,56,57,58);;/q;+1;-1. The summed E-state index contributed by atoms with van der Waals surface area (Å²) in [6.45, 7) is -2.13. The largest absolute Gasteiger partial charge is 1.00 e. The molecular formula is C32H23NaO38S8. The molecule has 6 rings (SSSR count). The van der Waals surface area contributed by atoms with E-state index in [1.165, 1.54) is 0 Å². The summed E-state index contributed by atoms with van der Waals surface area (Å²) in [5.74, 6) is -15.0. The van der Waals surface area contributed by atoms with Crippen LogP contribution in [0.25, 0.3) is 44.6 Å². The van der Waals surface area contributed by atoms with E-state index in [-0.39, 0.29) is 31.0 Å². The van der Waals surface area contributed by atoms with Crippen LogP contribution in [-0.2, 0) is 83.2 Å². The van der Waals surface area contributed by atoms with Crippen LogP contribution in [0, 0.1) is 0 Å². The molecule has 0 saturated heterocycles. The summed E-state index contributed by atoms with van der Waals surface area (Å²) in [6.07, 6.45) is 0. The Morgan fingerprint density at radius 2 is 0.633 bits per heavy atom. The van der Waals surface area contributed by atoms with Gasteiger partial charge in [0.25, 0.3) is 0 Å². The molecule has 0 atom stereocenters. The van der Waals surface area contributed by atoms with Crippen molar-refractivity contribution in [1.29, 1.82) is 0 Å². The van der Waals surface area contributed by atoms with Crippen LogP contribution in [0.2, 0.25) is 0 Å². The second-order valence-corrected chi connectivity index (χ2v) is 22.1. The van der Waals surface area contributed by atoms with Gasteiger partial charge >= 0.3 is 113 Å². The number of hydrogen-bond donors (Lipinski definition) is 8. The molecule has 0 fully saturated rings. The summed E-state index contributed by atoms with van der Waals surface area (Å²) in [5, 5.41) is -2.09. The average Bonchev–Trinajstić information content (AvgIpc) is 3.21. The summed E-state index contributed by atoms with van der Waals surface area (Å²) in [4.78, 5) is 28.2. The first-order valence-corrected chi connectivity index (χ1v) is 29.5. The third kappa shape index (κ3) is 18.0. The number of hydrogen-bond acceptors (Lipinski definition) is 30. The smallest absolute Gasteiger partial charge is 1.00 e. The van der Waals surface area contributed by atoms with Gasteiger partial charge in [0.15, 0.2) is 46.0 Å². The number of rotatable bonds is 23. The molecule has 79 heavy (non-hydrogen) atoms. The van der Waals surface area contributed by atoms with Gasteiger partial charge in [-0.15, -0.1) is 0 Å². The Labute approximate surface area is 462 Å². The van der Waals surface area contributed by atoms with Crippen LogP contribution in [0.15, 0.2) is 79.1 Å². The van der Waals surface area contributed by atoms with Crippen molar-refractivity contribution in [3.05, 3.63) is 81.1 Å². The maximum atomic E-state index is 14.1. The predicted octanol–water partition coefficient (Wildman–Crippen LogP) is -2.74. The van der Waals surface area contributed by atoms with Gasteiger partial charge in [0.1, 0.15) is 46.7 Å². The van der Waals surface area contributed by atoms with E-state index >= 15 is 0 Å². The molecule has 0 aliphatic heterocycles. The minimum absolute atomic E-state index is 0. The van der Waals surface area contributed by atoms with Gasteiger partial charge in [-0.2, -0.15) is 67.3 Å². The van der Waals surface area contributed by atoms with Crippen molar-refractivity contribution in [3.8, 4) is 80.1 Å². The molecule has 0 aliphatic carbocycles. The zero-order valence-electron chi connectivity index (χ0n) is 38.3. The van der Waals surface area contributed by atoms with Gasteiger partial charge in [-0.05, 0) is 36.4 Å².